The molecule has 224 valence electrons. The second-order valence-corrected chi connectivity index (χ2v) is 14.7. The summed E-state index contributed by atoms with van der Waals surface area (Å²) in [5.74, 6) is 0. The Morgan fingerprint density at radius 2 is 0.477 bits per heavy atom. The molecular formula is C38H31Cl3NiP2. The number of benzene rings is 6. The second kappa shape index (κ2) is 20.3. The minimum atomic E-state index is -0.446. The summed E-state index contributed by atoms with van der Waals surface area (Å²) < 4.78 is 0.0895. The molecule has 0 unspecified atom stereocenters. The number of halogens is 3. The summed E-state index contributed by atoms with van der Waals surface area (Å²) in [6, 6.07) is 64.7. The molecule has 0 amide bonds. The van der Waals surface area contributed by atoms with E-state index >= 15 is 0 Å². The zero-order valence-corrected chi connectivity index (χ0v) is 28.8. The van der Waals surface area contributed by atoms with Crippen molar-refractivity contribution in [1.29, 1.82) is 0 Å². The van der Waals surface area contributed by atoms with Gasteiger partial charge in [0, 0.05) is 22.0 Å². The third kappa shape index (κ3) is 11.3. The summed E-state index contributed by atoms with van der Waals surface area (Å²) in [5.41, 5.74) is 1.09. The monoisotopic (exact) mass is 712 g/mol. The summed E-state index contributed by atoms with van der Waals surface area (Å²) in [6.45, 7) is 0. The van der Waals surface area contributed by atoms with E-state index in [1.165, 1.54) is 31.8 Å². The van der Waals surface area contributed by atoms with E-state index < -0.39 is 15.8 Å². The summed E-state index contributed by atoms with van der Waals surface area (Å²) in [6.07, 6.45) is 0. The van der Waals surface area contributed by atoms with E-state index in [0.717, 1.165) is 5.54 Å². The minimum Gasteiger partial charge on any atom is -0.0904 e. The fourth-order valence-corrected chi connectivity index (χ4v) is 8.97. The molecule has 0 heterocycles. The van der Waals surface area contributed by atoms with Gasteiger partial charge in [-0.2, -0.15) is 0 Å². The van der Waals surface area contributed by atoms with Gasteiger partial charge in [0.05, 0.1) is 0 Å². The van der Waals surface area contributed by atoms with Gasteiger partial charge in [-0.25, -0.2) is 0 Å². The van der Waals surface area contributed by atoms with Crippen molar-refractivity contribution in [2.75, 3.05) is 0 Å². The molecular weight excluding hydrogens is 683 g/mol. The third-order valence-electron chi connectivity index (χ3n) is 6.17. The van der Waals surface area contributed by atoms with Gasteiger partial charge in [-0.1, -0.05) is 217 Å². The van der Waals surface area contributed by atoms with Crippen LogP contribution in [0.15, 0.2) is 192 Å². The van der Waals surface area contributed by atoms with Gasteiger partial charge in [-0.3, -0.25) is 0 Å². The van der Waals surface area contributed by atoms with Crippen LogP contribution in [0, 0.1) is 0 Å². The van der Waals surface area contributed by atoms with Crippen molar-refractivity contribution < 1.29 is 16.5 Å². The third-order valence-corrected chi connectivity index (χ3v) is 11.7. The van der Waals surface area contributed by atoms with Crippen LogP contribution in [0.5, 0.6) is 0 Å². The zero-order valence-electron chi connectivity index (χ0n) is 23.7. The van der Waals surface area contributed by atoms with Crippen molar-refractivity contribution >= 4 is 82.5 Å². The summed E-state index contributed by atoms with van der Waals surface area (Å²) in [7, 11) is -0.892. The number of hydrogen-bond acceptors (Lipinski definition) is 0. The Hall–Kier alpha value is -2.72. The van der Waals surface area contributed by atoms with Crippen molar-refractivity contribution in [3.8, 4) is 0 Å². The maximum absolute atomic E-state index is 4.96. The maximum Gasteiger partial charge on any atom is 0.118 e. The van der Waals surface area contributed by atoms with Gasteiger partial charge in [-0.15, -0.1) is 0 Å². The van der Waals surface area contributed by atoms with Gasteiger partial charge in [0.1, 0.15) is 4.49 Å². The first-order valence-corrected chi connectivity index (χ1v) is 17.6. The van der Waals surface area contributed by atoms with Crippen molar-refractivity contribution in [1.82, 2.24) is 0 Å². The molecule has 6 heteroatoms. The molecule has 0 nitrogen and oxygen atoms in total. The molecule has 6 rings (SSSR count). The molecule has 6 aromatic carbocycles. The van der Waals surface area contributed by atoms with Crippen LogP contribution in [0.1, 0.15) is 0 Å². The van der Waals surface area contributed by atoms with Crippen LogP contribution in [-0.4, -0.2) is 0 Å². The Kier molecular flexibility index (Phi) is 16.5. The van der Waals surface area contributed by atoms with E-state index in [1.807, 2.05) is 0 Å². The average molecular weight is 715 g/mol. The van der Waals surface area contributed by atoms with Crippen LogP contribution < -0.4 is 31.8 Å². The van der Waals surface area contributed by atoms with Crippen molar-refractivity contribution in [2.24, 2.45) is 0 Å². The molecule has 0 saturated heterocycles. The van der Waals surface area contributed by atoms with Crippen molar-refractivity contribution in [3.05, 3.63) is 192 Å². The molecule has 0 bridgehead atoms. The molecule has 44 heavy (non-hydrogen) atoms. The molecule has 0 N–H and O–H groups in total. The molecule has 6 aromatic rings. The van der Waals surface area contributed by atoms with Gasteiger partial charge in [0.25, 0.3) is 0 Å². The van der Waals surface area contributed by atoms with E-state index in [0.29, 0.717) is 0 Å². The van der Waals surface area contributed by atoms with Crippen LogP contribution in [0.2, 0.25) is 0 Å². The van der Waals surface area contributed by atoms with Gasteiger partial charge in [-0.05, 0) is 47.7 Å². The summed E-state index contributed by atoms with van der Waals surface area (Å²) >= 11 is 14.8. The first-order chi connectivity index (χ1) is 21.2. The zero-order chi connectivity index (χ0) is 30.1. The Labute approximate surface area is 289 Å². The topological polar surface area (TPSA) is 0 Å². The van der Waals surface area contributed by atoms with Gasteiger partial charge >= 0.3 is 0 Å². The first kappa shape index (κ1) is 35.8. The van der Waals surface area contributed by atoms with E-state index in [1.54, 1.807) is 0 Å². The molecule has 0 atom stereocenters. The first-order valence-electron chi connectivity index (χ1n) is 13.7. The molecule has 0 aliphatic carbocycles. The number of hydrogen-bond donors (Lipinski definition) is 0. The molecule has 0 aliphatic rings. The predicted molar refractivity (Wildman–Crippen MR) is 196 cm³/mol. The van der Waals surface area contributed by atoms with E-state index in [2.05, 4.69) is 182 Å². The van der Waals surface area contributed by atoms with Crippen molar-refractivity contribution in [3.63, 3.8) is 0 Å². The van der Waals surface area contributed by atoms with Crippen LogP contribution in [0.25, 0.3) is 0 Å². The minimum absolute atomic E-state index is 0. The SMILES string of the molecule is ClC=C(Cl)Cl.[Ni].c1ccc(P(c2ccccc2)c2ccccc2)cc1.c1ccc(P(c2ccccc2)c2ccccc2)cc1. The Morgan fingerprint density at radius 3 is 0.591 bits per heavy atom. The Balaban J connectivity index is 0.000000205. The summed E-state index contributed by atoms with van der Waals surface area (Å²) in [5, 5.41) is 8.39. The standard InChI is InChI=1S/2C18H15P.C2HCl3.Ni/c2*1-4-10-16(11-5-1)19(17-12-6-2-7-13-17)18-14-8-3-9-15-18;3-1-2(4)5;/h2*1-15H;1H;. The van der Waals surface area contributed by atoms with E-state index in [-0.39, 0.29) is 21.0 Å². The fraction of sp³-hybridized carbons (Fsp3) is 0. The van der Waals surface area contributed by atoms with Crippen molar-refractivity contribution in [2.45, 2.75) is 0 Å². The normalized spacial score (nSPS) is 9.93. The van der Waals surface area contributed by atoms with Crippen LogP contribution >= 0.6 is 50.6 Å². The van der Waals surface area contributed by atoms with E-state index in [4.69, 9.17) is 34.8 Å². The summed E-state index contributed by atoms with van der Waals surface area (Å²) in [4.78, 5) is 0. The van der Waals surface area contributed by atoms with Gasteiger partial charge in [0.2, 0.25) is 0 Å². The molecule has 0 aromatic heterocycles. The molecule has 0 aliphatic heterocycles. The number of rotatable bonds is 6. The smallest absolute Gasteiger partial charge is 0.0904 e. The quantitative estimate of drug-likeness (QED) is 0.119. The van der Waals surface area contributed by atoms with Crippen LogP contribution in [0.4, 0.5) is 0 Å². The fourth-order valence-electron chi connectivity index (χ4n) is 4.36. The molecule has 0 radical (unpaired) electrons. The Bertz CT molecular complexity index is 1310. The molecule has 0 fully saturated rings. The maximum atomic E-state index is 4.96. The van der Waals surface area contributed by atoms with Gasteiger partial charge in [0.15, 0.2) is 0 Å². The van der Waals surface area contributed by atoms with E-state index in [9.17, 15) is 0 Å². The van der Waals surface area contributed by atoms with Gasteiger partial charge < -0.3 is 0 Å². The Morgan fingerprint density at radius 1 is 0.341 bits per heavy atom. The molecule has 0 saturated carbocycles. The average Bonchev–Trinajstić information content (AvgIpc) is 3.09. The van der Waals surface area contributed by atoms with Crippen LogP contribution in [-0.2, 0) is 16.5 Å². The predicted octanol–water partition coefficient (Wildman–Crippen LogP) is 9.39. The largest absolute Gasteiger partial charge is 0.118 e. The van der Waals surface area contributed by atoms with Crippen LogP contribution in [0.3, 0.4) is 0 Å². The second-order valence-electron chi connectivity index (χ2n) is 9.08. The molecule has 0 spiro atoms.